The van der Waals surface area contributed by atoms with Gasteiger partial charge in [0, 0.05) is 31.6 Å². The van der Waals surface area contributed by atoms with Gasteiger partial charge in [-0.3, -0.25) is 9.59 Å². The van der Waals surface area contributed by atoms with Crippen LogP contribution in [0.25, 0.3) is 0 Å². The van der Waals surface area contributed by atoms with E-state index in [1.807, 2.05) is 44.2 Å². The first-order chi connectivity index (χ1) is 17.0. The van der Waals surface area contributed by atoms with Crippen molar-refractivity contribution in [2.24, 2.45) is 0 Å². The number of carbonyl (C=O) groups is 2. The molecule has 190 valence electrons. The Morgan fingerprint density at radius 3 is 2.43 bits per heavy atom. The van der Waals surface area contributed by atoms with Crippen LogP contribution in [0.5, 0.6) is 17.2 Å². The van der Waals surface area contributed by atoms with Gasteiger partial charge < -0.3 is 33.9 Å². The quantitative estimate of drug-likeness (QED) is 0.456. The number of aryl methyl sites for hydroxylation is 1. The van der Waals surface area contributed by atoms with Gasteiger partial charge in [0.15, 0.2) is 6.61 Å². The molecule has 0 radical (unpaired) electrons. The average Bonchev–Trinajstić information content (AvgIpc) is 2.88. The van der Waals surface area contributed by atoms with Crippen molar-refractivity contribution in [1.29, 1.82) is 0 Å². The van der Waals surface area contributed by atoms with E-state index in [9.17, 15) is 9.59 Å². The lowest BCUT2D eigenvalue weighted by Crippen LogP contribution is -2.36. The van der Waals surface area contributed by atoms with Crippen LogP contribution in [0.4, 0.5) is 11.4 Å². The molecule has 1 fully saturated rings. The summed E-state index contributed by atoms with van der Waals surface area (Å²) in [5.74, 6) is 0.953. The van der Waals surface area contributed by atoms with Crippen molar-refractivity contribution in [2.75, 3.05) is 63.5 Å². The molecule has 2 aromatic rings. The first kappa shape index (κ1) is 26.2. The first-order valence-electron chi connectivity index (χ1n) is 11.9. The van der Waals surface area contributed by atoms with Crippen LogP contribution in [0.2, 0.25) is 0 Å². The maximum Gasteiger partial charge on any atom is 0.306 e. The van der Waals surface area contributed by atoms with Crippen LogP contribution in [0.3, 0.4) is 0 Å². The number of nitrogens with zero attached hydrogens (tertiary/aromatic N) is 1. The van der Waals surface area contributed by atoms with Gasteiger partial charge in [0.25, 0.3) is 5.91 Å². The Morgan fingerprint density at radius 2 is 1.71 bits per heavy atom. The minimum absolute atomic E-state index is 0.139. The van der Waals surface area contributed by atoms with Crippen LogP contribution < -0.4 is 24.4 Å². The van der Waals surface area contributed by atoms with E-state index in [1.165, 1.54) is 0 Å². The third-order valence-electron chi connectivity index (χ3n) is 5.44. The molecule has 0 aromatic heterocycles. The zero-order chi connectivity index (χ0) is 25.0. The molecule has 1 heterocycles. The summed E-state index contributed by atoms with van der Waals surface area (Å²) < 4.78 is 27.6. The molecular weight excluding hydrogens is 452 g/mol. The number of nitrogens with one attached hydrogen (secondary N) is 1. The Hall–Kier alpha value is -3.46. The number of rotatable bonds is 12. The van der Waals surface area contributed by atoms with Gasteiger partial charge in [-0.2, -0.15) is 0 Å². The first-order valence-corrected chi connectivity index (χ1v) is 11.9. The molecule has 0 saturated carbocycles. The number of benzene rings is 2. The van der Waals surface area contributed by atoms with E-state index >= 15 is 0 Å². The molecule has 1 saturated heterocycles. The van der Waals surface area contributed by atoms with Crippen LogP contribution in [-0.2, 0) is 25.5 Å². The highest BCUT2D eigenvalue weighted by atomic mass is 16.5. The second kappa shape index (κ2) is 13.4. The maximum atomic E-state index is 12.6. The molecule has 0 bridgehead atoms. The Kier molecular flexibility index (Phi) is 10.0. The number of ether oxygens (including phenoxy) is 5. The lowest BCUT2D eigenvalue weighted by molar-refractivity contribution is -0.147. The fourth-order valence-electron chi connectivity index (χ4n) is 3.80. The molecule has 0 atom stereocenters. The lowest BCUT2D eigenvalue weighted by atomic mass is 10.1. The van der Waals surface area contributed by atoms with Gasteiger partial charge in [0.1, 0.15) is 17.2 Å². The van der Waals surface area contributed by atoms with Crippen molar-refractivity contribution in [3.8, 4) is 17.2 Å². The zero-order valence-corrected chi connectivity index (χ0v) is 20.6. The molecule has 1 amide bonds. The van der Waals surface area contributed by atoms with E-state index in [1.54, 1.807) is 13.2 Å². The van der Waals surface area contributed by atoms with E-state index in [-0.39, 0.29) is 6.42 Å². The predicted octanol–water partition coefficient (Wildman–Crippen LogP) is 3.44. The number of carbonyl (C=O) groups excluding carboxylic acids is 2. The van der Waals surface area contributed by atoms with Crippen LogP contribution >= 0.6 is 0 Å². The van der Waals surface area contributed by atoms with E-state index in [0.717, 1.165) is 24.3 Å². The number of para-hydroxylation sites is 1. The van der Waals surface area contributed by atoms with Gasteiger partial charge in [-0.25, -0.2) is 0 Å². The number of esters is 1. The molecule has 1 aliphatic heterocycles. The van der Waals surface area contributed by atoms with Crippen molar-refractivity contribution in [2.45, 2.75) is 26.7 Å². The monoisotopic (exact) mass is 486 g/mol. The summed E-state index contributed by atoms with van der Waals surface area (Å²) in [6.07, 6.45) is 0.597. The fraction of sp³-hybridized carbons (Fsp3) is 0.462. The van der Waals surface area contributed by atoms with Gasteiger partial charge in [-0.05, 0) is 31.9 Å². The topological polar surface area (TPSA) is 95.6 Å². The third-order valence-corrected chi connectivity index (χ3v) is 5.44. The number of amides is 1. The average molecular weight is 487 g/mol. The molecule has 0 spiro atoms. The molecule has 0 unspecified atom stereocenters. The lowest BCUT2D eigenvalue weighted by Gasteiger charge is -2.31. The standard InChI is InChI=1S/C26H34N2O7/c1-4-33-23-17-21(28-12-14-32-15-13-28)24(34-5-2)16-20(23)27-25(29)18-35-26(30)11-10-19-8-6-7-9-22(19)31-3/h6-9,16-17H,4-5,10-15,18H2,1-3H3,(H,27,29). The normalized spacial score (nSPS) is 13.2. The van der Waals surface area contributed by atoms with Gasteiger partial charge in [0.2, 0.25) is 0 Å². The van der Waals surface area contributed by atoms with Crippen LogP contribution in [0.15, 0.2) is 36.4 Å². The molecule has 1 N–H and O–H groups in total. The highest BCUT2D eigenvalue weighted by Gasteiger charge is 2.21. The summed E-state index contributed by atoms with van der Waals surface area (Å²) in [4.78, 5) is 26.9. The molecule has 3 rings (SSSR count). The summed E-state index contributed by atoms with van der Waals surface area (Å²) in [6.45, 7) is 7.03. The van der Waals surface area contributed by atoms with Crippen molar-refractivity contribution < 1.29 is 33.3 Å². The van der Waals surface area contributed by atoms with Gasteiger partial charge in [0.05, 0.1) is 44.9 Å². The Bertz CT molecular complexity index is 990. The second-order valence-corrected chi connectivity index (χ2v) is 7.80. The fourth-order valence-corrected chi connectivity index (χ4v) is 3.80. The van der Waals surface area contributed by atoms with Gasteiger partial charge >= 0.3 is 5.97 Å². The van der Waals surface area contributed by atoms with Gasteiger partial charge in [-0.1, -0.05) is 18.2 Å². The summed E-state index contributed by atoms with van der Waals surface area (Å²) in [5, 5.41) is 2.79. The number of anilines is 2. The molecule has 0 aliphatic carbocycles. The minimum Gasteiger partial charge on any atom is -0.496 e. The molecule has 9 nitrogen and oxygen atoms in total. The SMILES string of the molecule is CCOc1cc(N2CCOCC2)c(OCC)cc1NC(=O)COC(=O)CCc1ccccc1OC. The van der Waals surface area contributed by atoms with E-state index in [0.29, 0.717) is 55.8 Å². The number of hydrogen-bond acceptors (Lipinski definition) is 8. The van der Waals surface area contributed by atoms with Crippen LogP contribution in [-0.4, -0.2) is 65.1 Å². The molecule has 9 heteroatoms. The molecule has 2 aromatic carbocycles. The van der Waals surface area contributed by atoms with Crippen molar-refractivity contribution in [3.63, 3.8) is 0 Å². The number of morpholine rings is 1. The van der Waals surface area contributed by atoms with Crippen molar-refractivity contribution >= 4 is 23.3 Å². The number of methoxy groups -OCH3 is 1. The van der Waals surface area contributed by atoms with E-state index < -0.39 is 18.5 Å². The highest BCUT2D eigenvalue weighted by Crippen LogP contribution is 2.39. The van der Waals surface area contributed by atoms with Crippen molar-refractivity contribution in [1.82, 2.24) is 0 Å². The zero-order valence-electron chi connectivity index (χ0n) is 20.6. The van der Waals surface area contributed by atoms with Gasteiger partial charge in [-0.15, -0.1) is 0 Å². The Morgan fingerprint density at radius 1 is 1.00 bits per heavy atom. The minimum atomic E-state index is -0.464. The smallest absolute Gasteiger partial charge is 0.306 e. The third kappa shape index (κ3) is 7.51. The number of hydrogen-bond donors (Lipinski definition) is 1. The second-order valence-electron chi connectivity index (χ2n) is 7.80. The summed E-state index contributed by atoms with van der Waals surface area (Å²) in [5.41, 5.74) is 2.25. The summed E-state index contributed by atoms with van der Waals surface area (Å²) >= 11 is 0. The van der Waals surface area contributed by atoms with Crippen LogP contribution in [0, 0.1) is 0 Å². The van der Waals surface area contributed by atoms with E-state index in [4.69, 9.17) is 23.7 Å². The Balaban J connectivity index is 1.62. The molecular formula is C26H34N2O7. The summed E-state index contributed by atoms with van der Waals surface area (Å²) in [6, 6.07) is 11.1. The van der Waals surface area contributed by atoms with Crippen LogP contribution in [0.1, 0.15) is 25.8 Å². The summed E-state index contributed by atoms with van der Waals surface area (Å²) in [7, 11) is 1.59. The largest absolute Gasteiger partial charge is 0.496 e. The van der Waals surface area contributed by atoms with Crippen molar-refractivity contribution in [3.05, 3.63) is 42.0 Å². The Labute approximate surface area is 206 Å². The molecule has 35 heavy (non-hydrogen) atoms. The van der Waals surface area contributed by atoms with E-state index in [2.05, 4.69) is 10.2 Å². The molecule has 1 aliphatic rings. The predicted molar refractivity (Wildman–Crippen MR) is 133 cm³/mol. The highest BCUT2D eigenvalue weighted by molar-refractivity contribution is 5.95. The maximum absolute atomic E-state index is 12.6.